The highest BCUT2D eigenvalue weighted by Gasteiger charge is 2.15. The molecule has 1 atom stereocenters. The lowest BCUT2D eigenvalue weighted by Crippen LogP contribution is -2.19. The van der Waals surface area contributed by atoms with Gasteiger partial charge in [0.05, 0.1) is 5.69 Å². The van der Waals surface area contributed by atoms with Crippen molar-refractivity contribution in [3.8, 4) is 0 Å². The molecule has 70 valence electrons. The van der Waals surface area contributed by atoms with E-state index < -0.39 is 8.03 Å². The monoisotopic (exact) mass is 197 g/mol. The van der Waals surface area contributed by atoms with Crippen molar-refractivity contribution in [1.82, 2.24) is 0 Å². The zero-order chi connectivity index (χ0) is 10.0. The summed E-state index contributed by atoms with van der Waals surface area (Å²) in [4.78, 5) is 12.7. The van der Waals surface area contributed by atoms with E-state index in [9.17, 15) is 9.46 Å². The Balaban J connectivity index is 3.27. The van der Waals surface area contributed by atoms with Crippen LogP contribution < -0.4 is 15.1 Å². The lowest BCUT2D eigenvalue weighted by atomic mass is 10.2. The third kappa shape index (κ3) is 2.27. The van der Waals surface area contributed by atoms with Crippen LogP contribution in [-0.2, 0) is 4.57 Å². The molecule has 0 fully saturated rings. The van der Waals surface area contributed by atoms with Gasteiger partial charge < -0.3 is 9.79 Å². The first kappa shape index (κ1) is 10.2. The molecule has 0 bridgehead atoms. The van der Waals surface area contributed by atoms with Gasteiger partial charge in [-0.15, -0.1) is 0 Å². The van der Waals surface area contributed by atoms with E-state index in [1.807, 2.05) is 33.2 Å². The smallest absolute Gasteiger partial charge is 0.350 e. The molecular weight excluding hydrogens is 185 g/mol. The highest BCUT2D eigenvalue weighted by atomic mass is 31.1. The Kier molecular flexibility index (Phi) is 3.02. The van der Waals surface area contributed by atoms with Crippen molar-refractivity contribution in [2.75, 3.05) is 19.0 Å². The molecule has 0 aliphatic carbocycles. The molecule has 1 aromatic rings. The van der Waals surface area contributed by atoms with Crippen LogP contribution in [0.3, 0.4) is 0 Å². The number of hydrogen-bond acceptors (Lipinski definition) is 3. The van der Waals surface area contributed by atoms with Gasteiger partial charge in [0.1, 0.15) is 0 Å². The van der Waals surface area contributed by atoms with Crippen molar-refractivity contribution in [2.45, 2.75) is 6.92 Å². The number of rotatable bonds is 2. The molecule has 0 saturated carbocycles. The first-order valence-corrected chi connectivity index (χ1v) is 5.12. The Morgan fingerprint density at radius 2 is 2.00 bits per heavy atom. The van der Waals surface area contributed by atoms with Crippen LogP contribution in [-0.4, -0.2) is 14.1 Å². The molecule has 3 nitrogen and oxygen atoms in total. The second kappa shape index (κ2) is 3.86. The normalized spacial score (nSPS) is 11.2. The first-order valence-electron chi connectivity index (χ1n) is 3.94. The van der Waals surface area contributed by atoms with E-state index in [4.69, 9.17) is 0 Å². The van der Waals surface area contributed by atoms with Crippen molar-refractivity contribution in [3.05, 3.63) is 23.8 Å². The van der Waals surface area contributed by atoms with Crippen LogP contribution in [0.1, 0.15) is 5.56 Å². The van der Waals surface area contributed by atoms with Gasteiger partial charge in [-0.1, -0.05) is 10.6 Å². The third-order valence-electron chi connectivity index (χ3n) is 1.81. The summed E-state index contributed by atoms with van der Waals surface area (Å²) in [7, 11) is 1.15. The van der Waals surface area contributed by atoms with Crippen LogP contribution in [0.25, 0.3) is 0 Å². The Morgan fingerprint density at radius 3 is 2.46 bits per heavy atom. The summed E-state index contributed by atoms with van der Waals surface area (Å²) in [5.41, 5.74) is 1.70. The van der Waals surface area contributed by atoms with Crippen molar-refractivity contribution in [3.63, 3.8) is 0 Å². The minimum absolute atomic E-state index is 0.389. The molecule has 1 unspecified atom stereocenters. The number of benzene rings is 1. The fraction of sp³-hybridized carbons (Fsp3) is 0.333. The Morgan fingerprint density at radius 1 is 1.38 bits per heavy atom. The van der Waals surface area contributed by atoms with E-state index in [0.29, 0.717) is 5.30 Å². The standard InChI is InChI=1S/C9H12NO2P/c1-7-4-5-8(10(2)3)9(6-7)13(11)12/h4-6H,1-3H3. The maximum atomic E-state index is 10.9. The van der Waals surface area contributed by atoms with E-state index in [0.717, 1.165) is 11.3 Å². The molecule has 0 aromatic heterocycles. The van der Waals surface area contributed by atoms with E-state index in [1.165, 1.54) is 0 Å². The average molecular weight is 197 g/mol. The molecule has 0 aliphatic rings. The molecule has 0 aliphatic heterocycles. The fourth-order valence-corrected chi connectivity index (χ4v) is 1.93. The molecule has 13 heavy (non-hydrogen) atoms. The highest BCUT2D eigenvalue weighted by Crippen LogP contribution is 2.19. The Labute approximate surface area is 78.9 Å². The van der Waals surface area contributed by atoms with Gasteiger partial charge in [-0.25, -0.2) is 0 Å². The Bertz CT molecular complexity index is 336. The fourth-order valence-electron chi connectivity index (χ4n) is 1.16. The molecule has 0 N–H and O–H groups in total. The van der Waals surface area contributed by atoms with E-state index in [1.54, 1.807) is 11.0 Å². The van der Waals surface area contributed by atoms with Gasteiger partial charge in [-0.2, -0.15) is 0 Å². The molecular formula is C9H12NO2P. The van der Waals surface area contributed by atoms with Crippen molar-refractivity contribution >= 4 is 19.0 Å². The molecule has 0 spiro atoms. The molecule has 0 saturated heterocycles. The van der Waals surface area contributed by atoms with Crippen molar-refractivity contribution < 1.29 is 9.46 Å². The largest absolute Gasteiger partial charge is 0.591 e. The van der Waals surface area contributed by atoms with Gasteiger partial charge in [0.25, 0.3) is 0 Å². The van der Waals surface area contributed by atoms with E-state index >= 15 is 0 Å². The van der Waals surface area contributed by atoms with Crippen LogP contribution in [0.5, 0.6) is 0 Å². The highest BCUT2D eigenvalue weighted by molar-refractivity contribution is 7.46. The SMILES string of the molecule is Cc1ccc(N(C)C)c([P+](=O)[O-])c1. The maximum absolute atomic E-state index is 10.9. The number of anilines is 1. The number of aryl methyl sites for hydroxylation is 1. The molecule has 1 aromatic carbocycles. The summed E-state index contributed by atoms with van der Waals surface area (Å²) in [6.45, 7) is 1.88. The summed E-state index contributed by atoms with van der Waals surface area (Å²) < 4.78 is 10.9. The average Bonchev–Trinajstić information content (AvgIpc) is 2.03. The van der Waals surface area contributed by atoms with Crippen LogP contribution in [0.2, 0.25) is 0 Å². The van der Waals surface area contributed by atoms with Gasteiger partial charge in [0, 0.05) is 14.1 Å². The Hall–Kier alpha value is -0.920. The number of hydrogen-bond donors (Lipinski definition) is 0. The molecule has 0 radical (unpaired) electrons. The minimum Gasteiger partial charge on any atom is -0.591 e. The molecule has 0 heterocycles. The predicted molar refractivity (Wildman–Crippen MR) is 52.7 cm³/mol. The third-order valence-corrected chi connectivity index (χ3v) is 2.56. The molecule has 1 rings (SSSR count). The summed E-state index contributed by atoms with van der Waals surface area (Å²) in [6.07, 6.45) is 0. The zero-order valence-electron chi connectivity index (χ0n) is 7.94. The van der Waals surface area contributed by atoms with Gasteiger partial charge in [0.15, 0.2) is 0 Å². The van der Waals surface area contributed by atoms with E-state index in [-0.39, 0.29) is 0 Å². The van der Waals surface area contributed by atoms with Crippen LogP contribution in [0, 0.1) is 6.92 Å². The predicted octanol–water partition coefficient (Wildman–Crippen LogP) is 0.789. The molecule has 0 amide bonds. The summed E-state index contributed by atoms with van der Waals surface area (Å²) >= 11 is 0. The summed E-state index contributed by atoms with van der Waals surface area (Å²) in [5.74, 6) is 0. The second-order valence-corrected chi connectivity index (χ2v) is 4.14. The molecule has 4 heteroatoms. The van der Waals surface area contributed by atoms with Gasteiger partial charge in [0.2, 0.25) is 5.30 Å². The zero-order valence-corrected chi connectivity index (χ0v) is 8.84. The first-order chi connectivity index (χ1) is 6.02. The maximum Gasteiger partial charge on any atom is 0.350 e. The van der Waals surface area contributed by atoms with E-state index in [2.05, 4.69) is 0 Å². The quantitative estimate of drug-likeness (QED) is 0.658. The summed E-state index contributed by atoms with van der Waals surface area (Å²) in [6, 6.07) is 5.40. The minimum atomic E-state index is -2.51. The van der Waals surface area contributed by atoms with Gasteiger partial charge >= 0.3 is 8.03 Å². The second-order valence-electron chi connectivity index (χ2n) is 3.14. The van der Waals surface area contributed by atoms with Gasteiger partial charge in [-0.05, 0) is 24.6 Å². The van der Waals surface area contributed by atoms with Crippen molar-refractivity contribution in [1.29, 1.82) is 0 Å². The van der Waals surface area contributed by atoms with Crippen LogP contribution in [0.15, 0.2) is 18.2 Å². The van der Waals surface area contributed by atoms with Crippen molar-refractivity contribution in [2.24, 2.45) is 0 Å². The van der Waals surface area contributed by atoms with Crippen LogP contribution in [0.4, 0.5) is 5.69 Å². The van der Waals surface area contributed by atoms with Gasteiger partial charge in [-0.3, -0.25) is 0 Å². The summed E-state index contributed by atoms with van der Waals surface area (Å²) in [5, 5.41) is 0.389. The van der Waals surface area contributed by atoms with Crippen LogP contribution >= 0.6 is 8.03 Å². The number of nitrogens with zero attached hydrogens (tertiary/aromatic N) is 1. The lowest BCUT2D eigenvalue weighted by Gasteiger charge is -2.13. The lowest BCUT2D eigenvalue weighted by molar-refractivity contribution is -0.160. The topological polar surface area (TPSA) is 43.4 Å².